The predicted octanol–water partition coefficient (Wildman–Crippen LogP) is 1.93. The number of benzene rings is 1. The number of imidazole rings is 1. The summed E-state index contributed by atoms with van der Waals surface area (Å²) < 4.78 is 29.8. The lowest BCUT2D eigenvalue weighted by Crippen LogP contribution is -2.33. The molecule has 2 fully saturated rings. The summed E-state index contributed by atoms with van der Waals surface area (Å²) in [5.41, 5.74) is 1.51. The molecule has 0 saturated heterocycles. The number of carbonyl (C=O) groups excluding carboxylic acids is 1. The fraction of sp³-hybridized carbons (Fsp3) is 0.474. The Morgan fingerprint density at radius 1 is 1.15 bits per heavy atom. The third-order valence-electron chi connectivity index (χ3n) is 5.56. The van der Waals surface area contributed by atoms with Crippen LogP contribution in [0.4, 0.5) is 0 Å². The lowest BCUT2D eigenvalue weighted by Gasteiger charge is -2.20. The second-order valence-corrected chi connectivity index (χ2v) is 9.68. The normalized spacial score (nSPS) is 21.2. The lowest BCUT2D eigenvalue weighted by molar-refractivity contribution is 0.0945. The third kappa shape index (κ3) is 3.06. The molecule has 1 aromatic carbocycles. The van der Waals surface area contributed by atoms with E-state index in [9.17, 15) is 13.2 Å². The van der Waals surface area contributed by atoms with Gasteiger partial charge in [-0.25, -0.2) is 13.4 Å². The molecule has 1 amide bonds. The van der Waals surface area contributed by atoms with E-state index in [4.69, 9.17) is 0 Å². The fourth-order valence-corrected chi connectivity index (χ4v) is 5.24. The molecule has 27 heavy (non-hydrogen) atoms. The minimum atomic E-state index is -3.62. The van der Waals surface area contributed by atoms with Crippen LogP contribution in [0.25, 0.3) is 5.69 Å². The van der Waals surface area contributed by atoms with Gasteiger partial charge in [-0.3, -0.25) is 9.36 Å². The number of sulfonamides is 1. The van der Waals surface area contributed by atoms with Crippen LogP contribution in [0.1, 0.15) is 41.9 Å². The quantitative estimate of drug-likeness (QED) is 0.851. The summed E-state index contributed by atoms with van der Waals surface area (Å²) in [5.74, 6) is 0.759. The van der Waals surface area contributed by atoms with Crippen LogP contribution in [-0.4, -0.2) is 41.3 Å². The van der Waals surface area contributed by atoms with Crippen molar-refractivity contribution in [2.45, 2.75) is 37.1 Å². The van der Waals surface area contributed by atoms with Crippen LogP contribution in [-0.2, 0) is 16.6 Å². The molecule has 0 unspecified atom stereocenters. The second kappa shape index (κ2) is 6.17. The van der Waals surface area contributed by atoms with Crippen molar-refractivity contribution in [3.8, 4) is 5.69 Å². The van der Waals surface area contributed by atoms with Crippen LogP contribution in [0.5, 0.6) is 0 Å². The van der Waals surface area contributed by atoms with Crippen LogP contribution in [0, 0.1) is 11.8 Å². The Morgan fingerprint density at radius 3 is 2.63 bits per heavy atom. The van der Waals surface area contributed by atoms with Gasteiger partial charge in [0.25, 0.3) is 5.91 Å². The Kier molecular flexibility index (Phi) is 3.87. The number of hydrogen-bond donors (Lipinski definition) is 1. The number of nitrogens with zero attached hydrogens (tertiary/aromatic N) is 3. The minimum absolute atomic E-state index is 0.166. The largest absolute Gasteiger partial charge is 0.350 e. The molecule has 7 nitrogen and oxygen atoms in total. The smallest absolute Gasteiger partial charge is 0.271 e. The zero-order valence-corrected chi connectivity index (χ0v) is 15.8. The molecule has 1 aliphatic heterocycles. The SMILES string of the molecule is O=C(NCC1CC1)c1ncn2c1CN(CC1CC1)S(=O)(=O)c1ccccc1-2. The van der Waals surface area contributed by atoms with Crippen molar-refractivity contribution in [1.82, 2.24) is 19.2 Å². The van der Waals surface area contributed by atoms with Crippen molar-refractivity contribution in [3.05, 3.63) is 42.0 Å². The van der Waals surface area contributed by atoms with Crippen molar-refractivity contribution in [1.29, 1.82) is 0 Å². The molecule has 1 aromatic heterocycles. The van der Waals surface area contributed by atoms with Crippen LogP contribution >= 0.6 is 0 Å². The number of rotatable bonds is 5. The molecule has 1 N–H and O–H groups in total. The Morgan fingerprint density at radius 2 is 1.89 bits per heavy atom. The maximum absolute atomic E-state index is 13.3. The molecule has 5 rings (SSSR count). The zero-order chi connectivity index (χ0) is 18.6. The van der Waals surface area contributed by atoms with Crippen molar-refractivity contribution in [2.75, 3.05) is 13.1 Å². The van der Waals surface area contributed by atoms with E-state index in [-0.39, 0.29) is 17.3 Å². The van der Waals surface area contributed by atoms with Crippen LogP contribution < -0.4 is 5.32 Å². The summed E-state index contributed by atoms with van der Waals surface area (Å²) in [6.45, 7) is 1.32. The number of hydrogen-bond acceptors (Lipinski definition) is 4. The van der Waals surface area contributed by atoms with Crippen LogP contribution in [0.2, 0.25) is 0 Å². The third-order valence-corrected chi connectivity index (χ3v) is 7.42. The van der Waals surface area contributed by atoms with E-state index in [1.807, 2.05) is 6.07 Å². The highest BCUT2D eigenvalue weighted by molar-refractivity contribution is 7.89. The van der Waals surface area contributed by atoms with Crippen molar-refractivity contribution in [3.63, 3.8) is 0 Å². The number of para-hydroxylation sites is 1. The van der Waals surface area contributed by atoms with Crippen LogP contribution in [0.3, 0.4) is 0 Å². The van der Waals surface area contributed by atoms with Crippen LogP contribution in [0.15, 0.2) is 35.5 Å². The van der Waals surface area contributed by atoms with Gasteiger partial charge in [0, 0.05) is 13.1 Å². The summed E-state index contributed by atoms with van der Waals surface area (Å²) in [5, 5.41) is 2.95. The average Bonchev–Trinajstić information content (AvgIpc) is 3.58. The molecular formula is C19H22N4O3S. The summed E-state index contributed by atoms with van der Waals surface area (Å²) in [6, 6.07) is 6.94. The first-order chi connectivity index (χ1) is 13.0. The molecule has 0 spiro atoms. The first-order valence-electron chi connectivity index (χ1n) is 9.48. The average molecular weight is 386 g/mol. The Hall–Kier alpha value is -2.19. The second-order valence-electron chi connectivity index (χ2n) is 7.77. The van der Waals surface area contributed by atoms with E-state index >= 15 is 0 Å². The van der Waals surface area contributed by atoms with Gasteiger partial charge >= 0.3 is 0 Å². The summed E-state index contributed by atoms with van der Waals surface area (Å²) in [7, 11) is -3.62. The van der Waals surface area contributed by atoms with E-state index in [0.717, 1.165) is 25.7 Å². The maximum atomic E-state index is 13.3. The standard InChI is InChI=1S/C19H22N4O3S/c24-19(20-9-13-5-6-13)18-16-11-22(10-14-7-8-14)27(25,26)17-4-2-1-3-15(17)23(16)12-21-18/h1-4,12-14H,5-11H2,(H,20,24). The van der Waals surface area contributed by atoms with Crippen molar-refractivity contribution in [2.24, 2.45) is 11.8 Å². The Bertz CT molecular complexity index is 1010. The maximum Gasteiger partial charge on any atom is 0.271 e. The highest BCUT2D eigenvalue weighted by Crippen LogP contribution is 2.36. The van der Waals surface area contributed by atoms with E-state index < -0.39 is 10.0 Å². The molecule has 3 aliphatic rings. The predicted molar refractivity (Wildman–Crippen MR) is 98.9 cm³/mol. The Labute approximate surface area is 158 Å². The first-order valence-corrected chi connectivity index (χ1v) is 10.9. The molecular weight excluding hydrogens is 364 g/mol. The zero-order valence-electron chi connectivity index (χ0n) is 15.0. The summed E-state index contributed by atoms with van der Waals surface area (Å²) in [4.78, 5) is 17.3. The molecule has 2 aromatic rings. The van der Waals surface area contributed by atoms with Gasteiger partial charge in [0.2, 0.25) is 10.0 Å². The highest BCUT2D eigenvalue weighted by atomic mass is 32.2. The van der Waals surface area contributed by atoms with Crippen molar-refractivity contribution >= 4 is 15.9 Å². The number of carbonyl (C=O) groups is 1. The topological polar surface area (TPSA) is 84.3 Å². The molecule has 2 aliphatic carbocycles. The van der Waals surface area contributed by atoms with Crippen molar-refractivity contribution < 1.29 is 13.2 Å². The van der Waals surface area contributed by atoms with Gasteiger partial charge < -0.3 is 5.32 Å². The van der Waals surface area contributed by atoms with Gasteiger partial charge in [0.05, 0.1) is 17.9 Å². The van der Waals surface area contributed by atoms with Gasteiger partial charge in [-0.2, -0.15) is 4.31 Å². The summed E-state index contributed by atoms with van der Waals surface area (Å²) >= 11 is 0. The highest BCUT2D eigenvalue weighted by Gasteiger charge is 2.37. The molecule has 0 bridgehead atoms. The minimum Gasteiger partial charge on any atom is -0.350 e. The number of amides is 1. The van der Waals surface area contributed by atoms with E-state index in [1.165, 1.54) is 4.31 Å². The molecule has 2 saturated carbocycles. The van der Waals surface area contributed by atoms with E-state index in [0.29, 0.717) is 42.0 Å². The van der Waals surface area contributed by atoms with E-state index in [1.54, 1.807) is 29.1 Å². The lowest BCUT2D eigenvalue weighted by atomic mass is 10.2. The Balaban J connectivity index is 1.58. The van der Waals surface area contributed by atoms with Gasteiger partial charge in [-0.1, -0.05) is 12.1 Å². The fourth-order valence-electron chi connectivity index (χ4n) is 3.58. The molecule has 0 atom stereocenters. The number of aromatic nitrogens is 2. The monoisotopic (exact) mass is 386 g/mol. The molecule has 8 heteroatoms. The first kappa shape index (κ1) is 16.9. The molecule has 142 valence electrons. The van der Waals surface area contributed by atoms with Gasteiger partial charge in [-0.15, -0.1) is 0 Å². The van der Waals surface area contributed by atoms with E-state index in [2.05, 4.69) is 10.3 Å². The number of fused-ring (bicyclic) bond motifs is 3. The van der Waals surface area contributed by atoms with Gasteiger partial charge in [-0.05, 0) is 49.7 Å². The molecule has 2 heterocycles. The van der Waals surface area contributed by atoms with Gasteiger partial charge in [0.1, 0.15) is 11.2 Å². The molecule has 0 radical (unpaired) electrons. The number of nitrogens with one attached hydrogen (secondary N) is 1. The summed E-state index contributed by atoms with van der Waals surface area (Å²) in [6.07, 6.45) is 5.99. The van der Waals surface area contributed by atoms with Gasteiger partial charge in [0.15, 0.2) is 5.69 Å².